The minimum atomic E-state index is -0.218. The zero-order chi connectivity index (χ0) is 16.1. The van der Waals surface area contributed by atoms with E-state index in [1.54, 1.807) is 13.1 Å². The molecular weight excluding hydrogens is 282 g/mol. The summed E-state index contributed by atoms with van der Waals surface area (Å²) in [6, 6.07) is 3.56. The van der Waals surface area contributed by atoms with Crippen molar-refractivity contribution in [2.24, 2.45) is 0 Å². The van der Waals surface area contributed by atoms with Crippen LogP contribution in [0.2, 0.25) is 0 Å². The van der Waals surface area contributed by atoms with E-state index in [0.29, 0.717) is 12.3 Å². The molecule has 6 heteroatoms. The average Bonchev–Trinajstić information content (AvgIpc) is 2.94. The Labute approximate surface area is 130 Å². The van der Waals surface area contributed by atoms with Gasteiger partial charge in [-0.25, -0.2) is 0 Å². The lowest BCUT2D eigenvalue weighted by Crippen LogP contribution is -2.39. The molecule has 1 aromatic heterocycles. The number of nitrogens with one attached hydrogen (secondary N) is 2. The van der Waals surface area contributed by atoms with Crippen LogP contribution in [0.15, 0.2) is 28.2 Å². The highest BCUT2D eigenvalue weighted by Gasteiger charge is 2.19. The van der Waals surface area contributed by atoms with Crippen LogP contribution in [0.1, 0.15) is 36.6 Å². The van der Waals surface area contributed by atoms with E-state index >= 15 is 0 Å². The second-order valence-corrected chi connectivity index (χ2v) is 5.55. The number of hydrogen-bond acceptors (Lipinski definition) is 4. The molecule has 1 atom stereocenters. The van der Waals surface area contributed by atoms with Crippen LogP contribution in [0.5, 0.6) is 0 Å². The van der Waals surface area contributed by atoms with E-state index < -0.39 is 0 Å². The molecule has 2 N–H and O–H groups in total. The van der Waals surface area contributed by atoms with Gasteiger partial charge in [0.05, 0.1) is 6.54 Å². The van der Waals surface area contributed by atoms with Gasteiger partial charge in [0.15, 0.2) is 5.76 Å². The van der Waals surface area contributed by atoms with Gasteiger partial charge in [0.1, 0.15) is 5.76 Å². The Balaban J connectivity index is 1.94. The quantitative estimate of drug-likeness (QED) is 0.804. The Hall–Kier alpha value is -2.08. The molecule has 0 aliphatic carbocycles. The molecule has 22 heavy (non-hydrogen) atoms. The molecule has 0 radical (unpaired) electrons. The topological polar surface area (TPSA) is 74.6 Å². The van der Waals surface area contributed by atoms with Crippen molar-refractivity contribution >= 4 is 11.8 Å². The van der Waals surface area contributed by atoms with Crippen molar-refractivity contribution in [3.05, 3.63) is 35.3 Å². The number of nitrogens with zero attached hydrogens (tertiary/aromatic N) is 1. The van der Waals surface area contributed by atoms with Crippen molar-refractivity contribution in [2.75, 3.05) is 20.1 Å². The lowest BCUT2D eigenvalue weighted by molar-refractivity contribution is -0.119. The van der Waals surface area contributed by atoms with E-state index in [1.165, 1.54) is 12.5 Å². The molecule has 1 aromatic rings. The number of hydrogen-bond donors (Lipinski definition) is 2. The third-order valence-corrected chi connectivity index (χ3v) is 3.73. The summed E-state index contributed by atoms with van der Waals surface area (Å²) in [4.78, 5) is 24.9. The fraction of sp³-hybridized carbons (Fsp3) is 0.500. The Morgan fingerprint density at radius 3 is 2.86 bits per heavy atom. The molecule has 2 rings (SSSR count). The first kappa shape index (κ1) is 16.3. The van der Waals surface area contributed by atoms with Crippen LogP contribution in [0.4, 0.5) is 0 Å². The molecule has 2 heterocycles. The summed E-state index contributed by atoms with van der Waals surface area (Å²) in [6.07, 6.45) is 3.14. The third-order valence-electron chi connectivity index (χ3n) is 3.73. The van der Waals surface area contributed by atoms with Gasteiger partial charge in [-0.3, -0.25) is 14.5 Å². The van der Waals surface area contributed by atoms with Crippen molar-refractivity contribution in [1.29, 1.82) is 0 Å². The monoisotopic (exact) mass is 305 g/mol. The first-order valence-corrected chi connectivity index (χ1v) is 7.48. The van der Waals surface area contributed by atoms with Gasteiger partial charge in [0.25, 0.3) is 5.91 Å². The second kappa shape index (κ2) is 7.26. The van der Waals surface area contributed by atoms with Crippen molar-refractivity contribution in [1.82, 2.24) is 15.5 Å². The smallest absolute Gasteiger partial charge is 0.286 e. The van der Waals surface area contributed by atoms with Gasteiger partial charge in [-0.1, -0.05) is 6.08 Å². The number of rotatable bonds is 5. The summed E-state index contributed by atoms with van der Waals surface area (Å²) < 4.78 is 5.56. The van der Waals surface area contributed by atoms with Gasteiger partial charge >= 0.3 is 0 Å². The fourth-order valence-electron chi connectivity index (χ4n) is 2.61. The fourth-order valence-corrected chi connectivity index (χ4v) is 2.61. The second-order valence-electron chi connectivity index (χ2n) is 5.55. The molecule has 0 spiro atoms. The normalized spacial score (nSPS) is 16.8. The summed E-state index contributed by atoms with van der Waals surface area (Å²) in [6.45, 7) is 5.90. The van der Waals surface area contributed by atoms with E-state index in [4.69, 9.17) is 4.42 Å². The summed E-state index contributed by atoms with van der Waals surface area (Å²) >= 11 is 0. The zero-order valence-corrected chi connectivity index (χ0v) is 13.3. The average molecular weight is 305 g/mol. The molecule has 1 aliphatic rings. The van der Waals surface area contributed by atoms with Crippen LogP contribution in [-0.4, -0.2) is 42.9 Å². The summed E-state index contributed by atoms with van der Waals surface area (Å²) in [7, 11) is 1.58. The Kier molecular flexibility index (Phi) is 5.38. The van der Waals surface area contributed by atoms with Gasteiger partial charge in [0.2, 0.25) is 5.91 Å². The Morgan fingerprint density at radius 2 is 2.18 bits per heavy atom. The Bertz CT molecular complexity index is 577. The SMILES string of the molecule is CNC(=O)c1ccc(CN2CCC=C([C@@H](C)NC(C)=O)C2)o1. The van der Waals surface area contributed by atoms with Crippen molar-refractivity contribution in [3.8, 4) is 0 Å². The van der Waals surface area contributed by atoms with Gasteiger partial charge in [-0.15, -0.1) is 0 Å². The van der Waals surface area contributed by atoms with Gasteiger partial charge in [-0.05, 0) is 31.1 Å². The first-order valence-electron chi connectivity index (χ1n) is 7.48. The summed E-state index contributed by atoms with van der Waals surface area (Å²) in [5.74, 6) is 0.862. The third kappa shape index (κ3) is 4.21. The van der Waals surface area contributed by atoms with Gasteiger partial charge < -0.3 is 15.1 Å². The Morgan fingerprint density at radius 1 is 1.41 bits per heavy atom. The highest BCUT2D eigenvalue weighted by Crippen LogP contribution is 2.17. The standard InChI is InChI=1S/C16H23N3O3/c1-11(18-12(2)20)13-5-4-8-19(9-13)10-14-6-7-15(22-14)16(21)17-3/h5-7,11H,4,8-10H2,1-3H3,(H,17,21)(H,18,20)/t11-/m1/s1. The maximum atomic E-state index is 11.5. The molecular formula is C16H23N3O3. The molecule has 0 saturated carbocycles. The molecule has 0 bridgehead atoms. The molecule has 6 nitrogen and oxygen atoms in total. The van der Waals surface area contributed by atoms with E-state index in [9.17, 15) is 9.59 Å². The molecule has 0 fully saturated rings. The minimum Gasteiger partial charge on any atom is -0.455 e. The first-order chi connectivity index (χ1) is 10.5. The highest BCUT2D eigenvalue weighted by atomic mass is 16.4. The van der Waals surface area contributed by atoms with Crippen LogP contribution >= 0.6 is 0 Å². The van der Waals surface area contributed by atoms with Crippen LogP contribution in [0.25, 0.3) is 0 Å². The lowest BCUT2D eigenvalue weighted by atomic mass is 10.0. The predicted molar refractivity (Wildman–Crippen MR) is 83.4 cm³/mol. The van der Waals surface area contributed by atoms with E-state index in [-0.39, 0.29) is 17.9 Å². The molecule has 0 aromatic carbocycles. The summed E-state index contributed by atoms with van der Waals surface area (Å²) in [5.41, 5.74) is 1.21. The van der Waals surface area contributed by atoms with Gasteiger partial charge in [0, 0.05) is 33.1 Å². The van der Waals surface area contributed by atoms with Gasteiger partial charge in [-0.2, -0.15) is 0 Å². The maximum Gasteiger partial charge on any atom is 0.286 e. The van der Waals surface area contributed by atoms with E-state index in [1.807, 2.05) is 13.0 Å². The molecule has 0 saturated heterocycles. The van der Waals surface area contributed by atoms with Crippen LogP contribution in [-0.2, 0) is 11.3 Å². The number of carbonyl (C=O) groups excluding carboxylic acids is 2. The number of furan rings is 1. The minimum absolute atomic E-state index is 0.0215. The van der Waals surface area contributed by atoms with Crippen LogP contribution in [0, 0.1) is 0 Å². The zero-order valence-electron chi connectivity index (χ0n) is 13.3. The number of amides is 2. The maximum absolute atomic E-state index is 11.5. The largest absolute Gasteiger partial charge is 0.455 e. The van der Waals surface area contributed by atoms with Crippen LogP contribution < -0.4 is 10.6 Å². The highest BCUT2D eigenvalue weighted by molar-refractivity contribution is 5.91. The van der Waals surface area contributed by atoms with Crippen LogP contribution in [0.3, 0.4) is 0 Å². The predicted octanol–water partition coefficient (Wildman–Crippen LogP) is 1.30. The van der Waals surface area contributed by atoms with Crippen molar-refractivity contribution < 1.29 is 14.0 Å². The van der Waals surface area contributed by atoms with Crippen molar-refractivity contribution in [2.45, 2.75) is 32.9 Å². The molecule has 1 aliphatic heterocycles. The van der Waals surface area contributed by atoms with Crippen molar-refractivity contribution in [3.63, 3.8) is 0 Å². The summed E-state index contributed by atoms with van der Waals surface area (Å²) in [5, 5.41) is 5.46. The molecule has 0 unspecified atom stereocenters. The van der Waals surface area contributed by atoms with E-state index in [0.717, 1.165) is 25.3 Å². The van der Waals surface area contributed by atoms with E-state index in [2.05, 4.69) is 21.6 Å². The molecule has 120 valence electrons. The number of carbonyl (C=O) groups is 2. The lowest BCUT2D eigenvalue weighted by Gasteiger charge is -2.29. The molecule has 2 amide bonds.